The molecule has 5 nitrogen and oxygen atoms in total. The van der Waals surface area contributed by atoms with Crippen molar-refractivity contribution in [3.8, 4) is 0 Å². The van der Waals surface area contributed by atoms with E-state index < -0.39 is 17.5 Å². The molecule has 2 aromatic carbocycles. The molecule has 2 amide bonds. The van der Waals surface area contributed by atoms with Crippen molar-refractivity contribution in [1.29, 1.82) is 0 Å². The number of likely N-dealkylation sites (tertiary alicyclic amines) is 1. The lowest BCUT2D eigenvalue weighted by Gasteiger charge is -2.31. The van der Waals surface area contributed by atoms with Crippen molar-refractivity contribution >= 4 is 17.5 Å². The zero-order chi connectivity index (χ0) is 19.4. The van der Waals surface area contributed by atoms with Gasteiger partial charge >= 0.3 is 0 Å². The summed E-state index contributed by atoms with van der Waals surface area (Å²) in [5, 5.41) is 2.65. The fourth-order valence-electron chi connectivity index (χ4n) is 3.22. The highest BCUT2D eigenvalue weighted by atomic mass is 19.2. The van der Waals surface area contributed by atoms with Gasteiger partial charge in [-0.2, -0.15) is 0 Å². The molecule has 1 saturated heterocycles. The summed E-state index contributed by atoms with van der Waals surface area (Å²) in [4.78, 5) is 25.7. The number of nitrogens with one attached hydrogen (secondary N) is 1. The van der Waals surface area contributed by atoms with Gasteiger partial charge in [0.15, 0.2) is 11.6 Å². The monoisotopic (exact) mass is 373 g/mol. The van der Waals surface area contributed by atoms with Crippen molar-refractivity contribution in [2.45, 2.75) is 19.4 Å². The first kappa shape index (κ1) is 19.0. The van der Waals surface area contributed by atoms with Gasteiger partial charge in [0, 0.05) is 24.3 Å². The second-order valence-corrected chi connectivity index (χ2v) is 6.76. The van der Waals surface area contributed by atoms with Crippen molar-refractivity contribution < 1.29 is 18.4 Å². The second kappa shape index (κ2) is 8.26. The molecule has 1 atom stereocenters. The van der Waals surface area contributed by atoms with Crippen LogP contribution in [-0.4, -0.2) is 29.8 Å². The number of hydrogen-bond donors (Lipinski definition) is 2. The quantitative estimate of drug-likeness (QED) is 0.846. The van der Waals surface area contributed by atoms with E-state index in [-0.39, 0.29) is 17.4 Å². The third-order valence-electron chi connectivity index (χ3n) is 4.71. The molecule has 1 heterocycles. The van der Waals surface area contributed by atoms with E-state index in [1.54, 1.807) is 12.1 Å². The summed E-state index contributed by atoms with van der Waals surface area (Å²) < 4.78 is 26.2. The third kappa shape index (κ3) is 4.89. The molecule has 0 bridgehead atoms. The minimum atomic E-state index is -1.06. The van der Waals surface area contributed by atoms with Crippen LogP contribution in [0.25, 0.3) is 0 Å². The van der Waals surface area contributed by atoms with E-state index in [2.05, 4.69) is 10.2 Å². The van der Waals surface area contributed by atoms with Gasteiger partial charge in [-0.25, -0.2) is 8.78 Å². The Kier molecular flexibility index (Phi) is 5.81. The topological polar surface area (TPSA) is 75.4 Å². The lowest BCUT2D eigenvalue weighted by molar-refractivity contribution is -0.123. The average Bonchev–Trinajstić information content (AvgIpc) is 2.65. The van der Waals surface area contributed by atoms with Crippen LogP contribution in [-0.2, 0) is 11.3 Å². The van der Waals surface area contributed by atoms with Gasteiger partial charge in [-0.3, -0.25) is 14.5 Å². The van der Waals surface area contributed by atoms with Gasteiger partial charge < -0.3 is 11.1 Å². The number of nitrogens with zero attached hydrogens (tertiary/aromatic N) is 1. The van der Waals surface area contributed by atoms with Gasteiger partial charge in [0.2, 0.25) is 5.91 Å². The number of hydrogen-bond acceptors (Lipinski definition) is 3. The predicted octanol–water partition coefficient (Wildman–Crippen LogP) is 2.91. The summed E-state index contributed by atoms with van der Waals surface area (Å²) in [7, 11) is 0. The Bertz CT molecular complexity index is 840. The Balaban J connectivity index is 1.59. The van der Waals surface area contributed by atoms with Crippen LogP contribution in [0.5, 0.6) is 0 Å². The van der Waals surface area contributed by atoms with Crippen molar-refractivity contribution in [3.63, 3.8) is 0 Å². The first-order valence-corrected chi connectivity index (χ1v) is 8.79. The van der Waals surface area contributed by atoms with E-state index in [1.165, 1.54) is 6.07 Å². The Morgan fingerprint density at radius 1 is 1.11 bits per heavy atom. The Morgan fingerprint density at radius 3 is 2.52 bits per heavy atom. The van der Waals surface area contributed by atoms with Gasteiger partial charge in [0.05, 0.1) is 5.92 Å². The fraction of sp³-hybridized carbons (Fsp3) is 0.300. The molecule has 142 valence electrons. The Morgan fingerprint density at radius 2 is 1.85 bits per heavy atom. The van der Waals surface area contributed by atoms with E-state index >= 15 is 0 Å². The molecule has 27 heavy (non-hydrogen) atoms. The number of piperidine rings is 1. The number of carbonyl (C=O) groups is 2. The van der Waals surface area contributed by atoms with Crippen molar-refractivity contribution in [2.75, 3.05) is 18.4 Å². The molecule has 0 aromatic heterocycles. The summed E-state index contributed by atoms with van der Waals surface area (Å²) in [5.41, 5.74) is 7.05. The van der Waals surface area contributed by atoms with E-state index in [4.69, 9.17) is 5.73 Å². The molecule has 3 rings (SSSR count). The number of halogens is 2. The van der Waals surface area contributed by atoms with Crippen molar-refractivity contribution in [1.82, 2.24) is 4.90 Å². The molecule has 0 spiro atoms. The molecule has 1 aliphatic rings. The Labute approximate surface area is 156 Å². The van der Waals surface area contributed by atoms with Crippen LogP contribution in [0.4, 0.5) is 14.5 Å². The van der Waals surface area contributed by atoms with Gasteiger partial charge in [-0.15, -0.1) is 0 Å². The molecule has 1 fully saturated rings. The fourth-order valence-corrected chi connectivity index (χ4v) is 3.22. The van der Waals surface area contributed by atoms with Crippen LogP contribution < -0.4 is 11.1 Å². The van der Waals surface area contributed by atoms with E-state index in [1.807, 2.05) is 12.1 Å². The smallest absolute Gasteiger partial charge is 0.255 e. The Hall–Kier alpha value is -2.80. The van der Waals surface area contributed by atoms with Gasteiger partial charge in [0.1, 0.15) is 0 Å². The zero-order valence-corrected chi connectivity index (χ0v) is 14.8. The molecule has 1 aliphatic heterocycles. The third-order valence-corrected chi connectivity index (χ3v) is 4.71. The van der Waals surface area contributed by atoms with Crippen LogP contribution in [0.3, 0.4) is 0 Å². The maximum absolute atomic E-state index is 13.2. The van der Waals surface area contributed by atoms with Crippen LogP contribution in [0.2, 0.25) is 0 Å². The molecule has 1 unspecified atom stereocenters. The highest BCUT2D eigenvalue weighted by Gasteiger charge is 2.23. The summed E-state index contributed by atoms with van der Waals surface area (Å²) >= 11 is 0. The minimum Gasteiger partial charge on any atom is -0.369 e. The predicted molar refractivity (Wildman–Crippen MR) is 97.9 cm³/mol. The molecule has 2 aromatic rings. The number of amides is 2. The number of rotatable bonds is 5. The lowest BCUT2D eigenvalue weighted by atomic mass is 9.97. The molecule has 0 saturated carbocycles. The average molecular weight is 373 g/mol. The molecular formula is C20H21F2N3O2. The van der Waals surface area contributed by atoms with Crippen molar-refractivity contribution in [2.24, 2.45) is 11.7 Å². The van der Waals surface area contributed by atoms with E-state index in [0.29, 0.717) is 18.8 Å². The van der Waals surface area contributed by atoms with Gasteiger partial charge in [0.25, 0.3) is 5.91 Å². The number of primary amides is 1. The highest BCUT2D eigenvalue weighted by Crippen LogP contribution is 2.19. The van der Waals surface area contributed by atoms with Gasteiger partial charge in [-0.1, -0.05) is 12.1 Å². The molecule has 3 N–H and O–H groups in total. The van der Waals surface area contributed by atoms with Crippen LogP contribution in [0.15, 0.2) is 42.5 Å². The van der Waals surface area contributed by atoms with Crippen LogP contribution in [0, 0.1) is 17.6 Å². The largest absolute Gasteiger partial charge is 0.369 e. The first-order valence-electron chi connectivity index (χ1n) is 8.79. The number of carbonyl (C=O) groups excluding carboxylic acids is 2. The maximum atomic E-state index is 13.2. The SMILES string of the molecule is NC(=O)C1CCCN(Cc2ccc(NC(=O)c3ccc(F)c(F)c3)cc2)C1. The maximum Gasteiger partial charge on any atom is 0.255 e. The van der Waals surface area contributed by atoms with Crippen molar-refractivity contribution in [3.05, 3.63) is 65.2 Å². The lowest BCUT2D eigenvalue weighted by Crippen LogP contribution is -2.40. The summed E-state index contributed by atoms with van der Waals surface area (Å²) in [5.74, 6) is -2.92. The molecule has 0 radical (unpaired) electrons. The standard InChI is InChI=1S/C20H21F2N3O2/c21-17-8-5-14(10-18(17)22)20(27)24-16-6-3-13(4-7-16)11-25-9-1-2-15(12-25)19(23)26/h3-8,10,15H,1-2,9,11-12H2,(H2,23,26)(H,24,27). The van der Waals surface area contributed by atoms with E-state index in [0.717, 1.165) is 37.1 Å². The zero-order valence-electron chi connectivity index (χ0n) is 14.8. The number of benzene rings is 2. The number of anilines is 1. The molecule has 0 aliphatic carbocycles. The minimum absolute atomic E-state index is 0.0452. The number of nitrogens with two attached hydrogens (primary N) is 1. The second-order valence-electron chi connectivity index (χ2n) is 6.76. The summed E-state index contributed by atoms with van der Waals surface area (Å²) in [6.45, 7) is 2.27. The highest BCUT2D eigenvalue weighted by molar-refractivity contribution is 6.04. The van der Waals surface area contributed by atoms with Gasteiger partial charge in [-0.05, 0) is 55.3 Å². The van der Waals surface area contributed by atoms with Crippen LogP contribution in [0.1, 0.15) is 28.8 Å². The molecule has 7 heteroatoms. The summed E-state index contributed by atoms with van der Waals surface area (Å²) in [6, 6.07) is 10.3. The first-order chi connectivity index (χ1) is 12.9. The summed E-state index contributed by atoms with van der Waals surface area (Å²) in [6.07, 6.45) is 1.77. The van der Waals surface area contributed by atoms with E-state index in [9.17, 15) is 18.4 Å². The van der Waals surface area contributed by atoms with Crippen LogP contribution >= 0.6 is 0 Å². The molecular weight excluding hydrogens is 352 g/mol. The normalized spacial score (nSPS) is 17.5.